The smallest absolute Gasteiger partial charge is 0.275 e. The average Bonchev–Trinajstić information content (AvgIpc) is 2.41. The summed E-state index contributed by atoms with van der Waals surface area (Å²) < 4.78 is 0. The van der Waals surface area contributed by atoms with Crippen LogP contribution in [-0.4, -0.2) is 22.4 Å². The van der Waals surface area contributed by atoms with Crippen LogP contribution in [0.15, 0.2) is 42.7 Å². The van der Waals surface area contributed by atoms with Crippen molar-refractivity contribution in [3.8, 4) is 0 Å². The van der Waals surface area contributed by atoms with Crippen LogP contribution in [0.5, 0.6) is 0 Å². The van der Waals surface area contributed by atoms with Crippen LogP contribution in [0.3, 0.4) is 0 Å². The van der Waals surface area contributed by atoms with Crippen LogP contribution in [0.4, 0.5) is 11.5 Å². The lowest BCUT2D eigenvalue weighted by molar-refractivity contribution is 0.102. The zero-order valence-corrected chi connectivity index (χ0v) is 10.1. The predicted molar refractivity (Wildman–Crippen MR) is 70.6 cm³/mol. The third-order valence-corrected chi connectivity index (χ3v) is 2.27. The van der Waals surface area contributed by atoms with Crippen LogP contribution in [0.25, 0.3) is 0 Å². The Morgan fingerprint density at radius 2 is 1.94 bits per heavy atom. The van der Waals surface area contributed by atoms with Crippen molar-refractivity contribution in [2.24, 2.45) is 0 Å². The van der Waals surface area contributed by atoms with Gasteiger partial charge < -0.3 is 10.6 Å². The molecule has 1 aromatic carbocycles. The number of anilines is 2. The Labute approximate surface area is 105 Å². The minimum absolute atomic E-state index is 0.267. The highest BCUT2D eigenvalue weighted by molar-refractivity contribution is 6.02. The SMILES string of the molecule is CCNc1cnc(C(=O)Nc2ccccc2)cn1. The Bertz CT molecular complexity index is 510. The van der Waals surface area contributed by atoms with E-state index in [0.29, 0.717) is 11.5 Å². The van der Waals surface area contributed by atoms with E-state index in [2.05, 4.69) is 20.6 Å². The Morgan fingerprint density at radius 3 is 2.56 bits per heavy atom. The Hall–Kier alpha value is -2.43. The molecule has 92 valence electrons. The molecule has 0 atom stereocenters. The molecule has 0 fully saturated rings. The number of para-hydroxylation sites is 1. The fourth-order valence-electron chi connectivity index (χ4n) is 1.43. The zero-order chi connectivity index (χ0) is 12.8. The van der Waals surface area contributed by atoms with E-state index in [1.54, 1.807) is 6.20 Å². The zero-order valence-electron chi connectivity index (χ0n) is 10.1. The van der Waals surface area contributed by atoms with Crippen molar-refractivity contribution < 1.29 is 4.79 Å². The second-order valence-electron chi connectivity index (χ2n) is 3.64. The molecule has 2 rings (SSSR count). The molecule has 0 spiro atoms. The van der Waals surface area contributed by atoms with E-state index in [-0.39, 0.29) is 5.91 Å². The maximum atomic E-state index is 11.8. The lowest BCUT2D eigenvalue weighted by Crippen LogP contribution is -2.14. The van der Waals surface area contributed by atoms with E-state index in [0.717, 1.165) is 12.2 Å². The molecular formula is C13H14N4O. The molecule has 0 aliphatic heterocycles. The molecule has 1 aromatic heterocycles. The monoisotopic (exact) mass is 242 g/mol. The van der Waals surface area contributed by atoms with Crippen molar-refractivity contribution in [1.29, 1.82) is 0 Å². The number of carbonyl (C=O) groups is 1. The summed E-state index contributed by atoms with van der Waals surface area (Å²) in [5, 5.41) is 5.77. The van der Waals surface area contributed by atoms with Crippen LogP contribution in [-0.2, 0) is 0 Å². The quantitative estimate of drug-likeness (QED) is 0.862. The van der Waals surface area contributed by atoms with Gasteiger partial charge in [0.1, 0.15) is 11.5 Å². The third kappa shape index (κ3) is 3.04. The van der Waals surface area contributed by atoms with Gasteiger partial charge >= 0.3 is 0 Å². The minimum Gasteiger partial charge on any atom is -0.369 e. The number of benzene rings is 1. The Balaban J connectivity index is 2.05. The largest absolute Gasteiger partial charge is 0.369 e. The number of nitrogens with zero attached hydrogens (tertiary/aromatic N) is 2. The van der Waals surface area contributed by atoms with E-state index < -0.39 is 0 Å². The fraction of sp³-hybridized carbons (Fsp3) is 0.154. The molecule has 0 saturated carbocycles. The molecule has 18 heavy (non-hydrogen) atoms. The minimum atomic E-state index is -0.267. The molecule has 2 N–H and O–H groups in total. The lowest BCUT2D eigenvalue weighted by atomic mass is 10.3. The van der Waals surface area contributed by atoms with Crippen molar-refractivity contribution in [3.05, 3.63) is 48.4 Å². The van der Waals surface area contributed by atoms with Crippen LogP contribution < -0.4 is 10.6 Å². The van der Waals surface area contributed by atoms with Gasteiger partial charge in [0.05, 0.1) is 12.4 Å². The second kappa shape index (κ2) is 5.77. The molecule has 1 heterocycles. The summed E-state index contributed by atoms with van der Waals surface area (Å²) in [6, 6.07) is 9.24. The first kappa shape index (κ1) is 12.0. The molecule has 0 bridgehead atoms. The maximum Gasteiger partial charge on any atom is 0.275 e. The van der Waals surface area contributed by atoms with Crippen molar-refractivity contribution in [2.75, 3.05) is 17.2 Å². The van der Waals surface area contributed by atoms with E-state index >= 15 is 0 Å². The van der Waals surface area contributed by atoms with E-state index in [4.69, 9.17) is 0 Å². The first-order valence-corrected chi connectivity index (χ1v) is 5.72. The summed E-state index contributed by atoms with van der Waals surface area (Å²) >= 11 is 0. The van der Waals surface area contributed by atoms with Crippen LogP contribution in [0, 0.1) is 0 Å². The van der Waals surface area contributed by atoms with E-state index in [9.17, 15) is 4.79 Å². The van der Waals surface area contributed by atoms with Gasteiger partial charge in [0.25, 0.3) is 5.91 Å². The van der Waals surface area contributed by atoms with Crippen molar-refractivity contribution in [1.82, 2.24) is 9.97 Å². The molecule has 0 unspecified atom stereocenters. The van der Waals surface area contributed by atoms with Gasteiger partial charge in [0, 0.05) is 12.2 Å². The number of rotatable bonds is 4. The van der Waals surface area contributed by atoms with Crippen molar-refractivity contribution >= 4 is 17.4 Å². The van der Waals surface area contributed by atoms with Gasteiger partial charge in [0.2, 0.25) is 0 Å². The number of nitrogens with one attached hydrogen (secondary N) is 2. The topological polar surface area (TPSA) is 66.9 Å². The lowest BCUT2D eigenvalue weighted by Gasteiger charge is -2.05. The highest BCUT2D eigenvalue weighted by atomic mass is 16.1. The summed E-state index contributed by atoms with van der Waals surface area (Å²) in [6.45, 7) is 2.74. The highest BCUT2D eigenvalue weighted by Gasteiger charge is 2.07. The van der Waals surface area contributed by atoms with Crippen LogP contribution in [0.1, 0.15) is 17.4 Å². The number of hydrogen-bond acceptors (Lipinski definition) is 4. The number of amides is 1. The van der Waals surface area contributed by atoms with Gasteiger partial charge in [-0.25, -0.2) is 9.97 Å². The molecule has 0 aliphatic rings. The predicted octanol–water partition coefficient (Wildman–Crippen LogP) is 2.16. The van der Waals surface area contributed by atoms with Gasteiger partial charge in [-0.1, -0.05) is 18.2 Å². The molecule has 1 amide bonds. The Kier molecular flexibility index (Phi) is 3.86. The molecule has 0 radical (unpaired) electrons. The molecule has 0 aliphatic carbocycles. The summed E-state index contributed by atoms with van der Waals surface area (Å²) in [5.41, 5.74) is 1.03. The van der Waals surface area contributed by atoms with Gasteiger partial charge in [-0.15, -0.1) is 0 Å². The van der Waals surface area contributed by atoms with Gasteiger partial charge in [-0.3, -0.25) is 4.79 Å². The van der Waals surface area contributed by atoms with Crippen molar-refractivity contribution in [3.63, 3.8) is 0 Å². The highest BCUT2D eigenvalue weighted by Crippen LogP contribution is 2.07. The number of carbonyl (C=O) groups excluding carboxylic acids is 1. The molecule has 5 heteroatoms. The first-order chi connectivity index (χ1) is 8.79. The van der Waals surface area contributed by atoms with Crippen LogP contribution >= 0.6 is 0 Å². The molecule has 2 aromatic rings. The summed E-state index contributed by atoms with van der Waals surface area (Å²) in [4.78, 5) is 20.0. The van der Waals surface area contributed by atoms with E-state index in [1.165, 1.54) is 6.20 Å². The average molecular weight is 242 g/mol. The fourth-order valence-corrected chi connectivity index (χ4v) is 1.43. The molecule has 0 saturated heterocycles. The molecule has 5 nitrogen and oxygen atoms in total. The summed E-state index contributed by atoms with van der Waals surface area (Å²) in [6.07, 6.45) is 3.00. The van der Waals surface area contributed by atoms with E-state index in [1.807, 2.05) is 37.3 Å². The van der Waals surface area contributed by atoms with Gasteiger partial charge in [-0.05, 0) is 19.1 Å². The van der Waals surface area contributed by atoms with Crippen LogP contribution in [0.2, 0.25) is 0 Å². The summed E-state index contributed by atoms with van der Waals surface area (Å²) in [5.74, 6) is 0.394. The summed E-state index contributed by atoms with van der Waals surface area (Å²) in [7, 11) is 0. The standard InChI is InChI=1S/C13H14N4O/c1-2-14-12-9-15-11(8-16-12)13(18)17-10-6-4-3-5-7-10/h3-9H,2H2,1H3,(H,14,16)(H,17,18). The van der Waals surface area contributed by atoms with Gasteiger partial charge in [-0.2, -0.15) is 0 Å². The Morgan fingerprint density at radius 1 is 1.17 bits per heavy atom. The van der Waals surface area contributed by atoms with Crippen molar-refractivity contribution in [2.45, 2.75) is 6.92 Å². The maximum absolute atomic E-state index is 11.8. The first-order valence-electron chi connectivity index (χ1n) is 5.72. The number of aromatic nitrogens is 2. The van der Waals surface area contributed by atoms with Gasteiger partial charge in [0.15, 0.2) is 0 Å². The normalized spacial score (nSPS) is 9.83. The second-order valence-corrected chi connectivity index (χ2v) is 3.64. The molecular weight excluding hydrogens is 228 g/mol. The third-order valence-electron chi connectivity index (χ3n) is 2.27. The number of hydrogen-bond donors (Lipinski definition) is 2.